The van der Waals surface area contributed by atoms with Gasteiger partial charge in [0, 0.05) is 18.8 Å². The summed E-state index contributed by atoms with van der Waals surface area (Å²) in [5.74, 6) is 0.486. The third-order valence-corrected chi connectivity index (χ3v) is 4.82. The van der Waals surface area contributed by atoms with Gasteiger partial charge in [0.15, 0.2) is 0 Å². The number of aromatic nitrogens is 1. The van der Waals surface area contributed by atoms with Gasteiger partial charge in [0.1, 0.15) is 5.69 Å². The molecule has 4 nitrogen and oxygen atoms in total. The first-order valence-corrected chi connectivity index (χ1v) is 9.18. The van der Waals surface area contributed by atoms with Gasteiger partial charge in [0.25, 0.3) is 5.91 Å². The summed E-state index contributed by atoms with van der Waals surface area (Å²) >= 11 is 0. The van der Waals surface area contributed by atoms with Crippen LogP contribution in [0.5, 0.6) is 0 Å². The number of pyridine rings is 1. The van der Waals surface area contributed by atoms with Gasteiger partial charge < -0.3 is 10.2 Å². The molecule has 4 heteroatoms. The lowest BCUT2D eigenvalue weighted by Gasteiger charge is -2.26. The van der Waals surface area contributed by atoms with Crippen molar-refractivity contribution in [1.82, 2.24) is 9.88 Å². The van der Waals surface area contributed by atoms with Crippen molar-refractivity contribution in [3.8, 4) is 0 Å². The maximum Gasteiger partial charge on any atom is 0.272 e. The van der Waals surface area contributed by atoms with Crippen molar-refractivity contribution in [1.29, 1.82) is 0 Å². The molecule has 0 bridgehead atoms. The molecule has 0 aliphatic carbocycles. The zero-order valence-corrected chi connectivity index (χ0v) is 15.4. The van der Waals surface area contributed by atoms with Crippen molar-refractivity contribution in [2.75, 3.05) is 18.4 Å². The van der Waals surface area contributed by atoms with E-state index in [1.807, 2.05) is 17.0 Å². The normalized spacial score (nSPS) is 14.6. The Hall–Kier alpha value is -2.36. The fourth-order valence-electron chi connectivity index (χ4n) is 3.34. The number of nitrogens with one attached hydrogen (secondary N) is 1. The summed E-state index contributed by atoms with van der Waals surface area (Å²) in [4.78, 5) is 18.8. The number of aryl methyl sites for hydroxylation is 1. The largest absolute Gasteiger partial charge is 0.354 e. The molecule has 1 aliphatic heterocycles. The topological polar surface area (TPSA) is 45.2 Å². The summed E-state index contributed by atoms with van der Waals surface area (Å²) in [6, 6.07) is 10.1. The summed E-state index contributed by atoms with van der Waals surface area (Å²) in [6.07, 6.45) is 5.16. The molecule has 1 amide bonds. The number of likely N-dealkylation sites (tertiary alicyclic amines) is 1. The molecule has 3 rings (SSSR count). The van der Waals surface area contributed by atoms with Gasteiger partial charge in [0.05, 0.1) is 11.9 Å². The Morgan fingerprint density at radius 3 is 2.52 bits per heavy atom. The van der Waals surface area contributed by atoms with Gasteiger partial charge >= 0.3 is 0 Å². The number of piperidine rings is 1. The van der Waals surface area contributed by atoms with Crippen LogP contribution in [0.2, 0.25) is 0 Å². The highest BCUT2D eigenvalue weighted by molar-refractivity contribution is 5.92. The summed E-state index contributed by atoms with van der Waals surface area (Å²) in [7, 11) is 0. The van der Waals surface area contributed by atoms with Crippen molar-refractivity contribution >= 4 is 17.3 Å². The van der Waals surface area contributed by atoms with Crippen LogP contribution in [0.4, 0.5) is 11.4 Å². The number of hydrogen-bond acceptors (Lipinski definition) is 3. The Balaban J connectivity index is 1.76. The molecule has 0 saturated carbocycles. The molecule has 25 heavy (non-hydrogen) atoms. The Kier molecular flexibility index (Phi) is 5.37. The van der Waals surface area contributed by atoms with E-state index in [0.717, 1.165) is 37.3 Å². The molecule has 0 unspecified atom stereocenters. The number of carbonyl (C=O) groups is 1. The Labute approximate surface area is 150 Å². The van der Waals surface area contributed by atoms with Crippen molar-refractivity contribution in [3.63, 3.8) is 0 Å². The van der Waals surface area contributed by atoms with Crippen LogP contribution in [0.3, 0.4) is 0 Å². The van der Waals surface area contributed by atoms with E-state index >= 15 is 0 Å². The second-order valence-corrected chi connectivity index (χ2v) is 7.10. The van der Waals surface area contributed by atoms with Crippen molar-refractivity contribution in [2.45, 2.75) is 46.0 Å². The molecular weight excluding hydrogens is 310 g/mol. The fraction of sp³-hybridized carbons (Fsp3) is 0.429. The molecule has 2 heterocycles. The number of para-hydroxylation sites is 1. The van der Waals surface area contributed by atoms with Gasteiger partial charge in [-0.15, -0.1) is 0 Å². The number of amides is 1. The highest BCUT2D eigenvalue weighted by atomic mass is 16.2. The van der Waals surface area contributed by atoms with E-state index in [9.17, 15) is 4.79 Å². The van der Waals surface area contributed by atoms with E-state index in [1.165, 1.54) is 17.5 Å². The van der Waals surface area contributed by atoms with Crippen molar-refractivity contribution in [3.05, 3.63) is 53.3 Å². The first-order chi connectivity index (χ1) is 12.1. The molecule has 0 spiro atoms. The standard InChI is InChI=1S/C21H27N3O/c1-15(2)18-9-7-8-16(3)20(18)23-17-10-11-19(22-14-17)21(25)24-12-5-4-6-13-24/h7-11,14-15,23H,4-6,12-13H2,1-3H3. The quantitative estimate of drug-likeness (QED) is 0.864. The molecule has 1 aromatic carbocycles. The summed E-state index contributed by atoms with van der Waals surface area (Å²) in [5.41, 5.74) is 5.07. The number of anilines is 2. The van der Waals surface area contributed by atoms with Gasteiger partial charge in [-0.3, -0.25) is 4.79 Å². The van der Waals surface area contributed by atoms with Crippen LogP contribution in [0.1, 0.15) is 60.6 Å². The minimum atomic E-state index is 0.0463. The molecule has 2 aromatic rings. The average Bonchev–Trinajstić information content (AvgIpc) is 2.64. The number of rotatable bonds is 4. The monoisotopic (exact) mass is 337 g/mol. The number of hydrogen-bond donors (Lipinski definition) is 1. The van der Waals surface area contributed by atoms with Crippen LogP contribution in [0, 0.1) is 6.92 Å². The third kappa shape index (κ3) is 4.01. The molecular formula is C21H27N3O. The molecule has 132 valence electrons. The van der Waals surface area contributed by atoms with E-state index in [0.29, 0.717) is 11.6 Å². The maximum absolute atomic E-state index is 12.5. The van der Waals surface area contributed by atoms with Crippen LogP contribution in [-0.2, 0) is 0 Å². The van der Waals surface area contributed by atoms with E-state index in [1.54, 1.807) is 6.20 Å². The average molecular weight is 337 g/mol. The van der Waals surface area contributed by atoms with Crippen molar-refractivity contribution < 1.29 is 4.79 Å². The molecule has 0 radical (unpaired) electrons. The summed E-state index contributed by atoms with van der Waals surface area (Å²) in [6.45, 7) is 8.19. The minimum Gasteiger partial charge on any atom is -0.354 e. The van der Waals surface area contributed by atoms with E-state index in [-0.39, 0.29) is 5.91 Å². The fourth-order valence-corrected chi connectivity index (χ4v) is 3.34. The summed E-state index contributed by atoms with van der Waals surface area (Å²) in [5, 5.41) is 3.48. The zero-order chi connectivity index (χ0) is 17.8. The molecule has 0 atom stereocenters. The molecule has 1 N–H and O–H groups in total. The Bertz CT molecular complexity index is 731. The minimum absolute atomic E-state index is 0.0463. The molecule has 1 saturated heterocycles. The molecule has 1 aromatic heterocycles. The highest BCUT2D eigenvalue weighted by Crippen LogP contribution is 2.30. The number of benzene rings is 1. The lowest BCUT2D eigenvalue weighted by atomic mass is 9.98. The van der Waals surface area contributed by atoms with Crippen LogP contribution in [0.15, 0.2) is 36.5 Å². The lowest BCUT2D eigenvalue weighted by Crippen LogP contribution is -2.36. The SMILES string of the molecule is Cc1cccc(C(C)C)c1Nc1ccc(C(=O)N2CCCCC2)nc1. The highest BCUT2D eigenvalue weighted by Gasteiger charge is 2.19. The van der Waals surface area contributed by atoms with Gasteiger partial charge in [-0.05, 0) is 55.4 Å². The number of carbonyl (C=O) groups excluding carboxylic acids is 1. The lowest BCUT2D eigenvalue weighted by molar-refractivity contribution is 0.0718. The second-order valence-electron chi connectivity index (χ2n) is 7.10. The van der Waals surface area contributed by atoms with Gasteiger partial charge in [0.2, 0.25) is 0 Å². The van der Waals surface area contributed by atoms with Crippen LogP contribution < -0.4 is 5.32 Å². The number of nitrogens with zero attached hydrogens (tertiary/aromatic N) is 2. The van der Waals surface area contributed by atoms with Crippen molar-refractivity contribution in [2.24, 2.45) is 0 Å². The van der Waals surface area contributed by atoms with Crippen LogP contribution in [0.25, 0.3) is 0 Å². The Morgan fingerprint density at radius 1 is 1.12 bits per heavy atom. The maximum atomic E-state index is 12.5. The summed E-state index contributed by atoms with van der Waals surface area (Å²) < 4.78 is 0. The van der Waals surface area contributed by atoms with E-state index in [2.05, 4.69) is 49.3 Å². The first kappa shape index (κ1) is 17.5. The second kappa shape index (κ2) is 7.68. The Morgan fingerprint density at radius 2 is 1.88 bits per heavy atom. The van der Waals surface area contributed by atoms with Crippen LogP contribution >= 0.6 is 0 Å². The van der Waals surface area contributed by atoms with E-state index < -0.39 is 0 Å². The smallest absolute Gasteiger partial charge is 0.272 e. The predicted molar refractivity (Wildman–Crippen MR) is 103 cm³/mol. The van der Waals surface area contributed by atoms with Gasteiger partial charge in [-0.2, -0.15) is 0 Å². The first-order valence-electron chi connectivity index (χ1n) is 9.18. The molecule has 1 fully saturated rings. The van der Waals surface area contributed by atoms with Crippen LogP contribution in [-0.4, -0.2) is 28.9 Å². The zero-order valence-electron chi connectivity index (χ0n) is 15.4. The predicted octanol–water partition coefficient (Wildman–Crippen LogP) is 4.88. The van der Waals surface area contributed by atoms with E-state index in [4.69, 9.17) is 0 Å². The molecule has 1 aliphatic rings. The van der Waals surface area contributed by atoms with Gasteiger partial charge in [-0.1, -0.05) is 32.0 Å². The van der Waals surface area contributed by atoms with Gasteiger partial charge in [-0.25, -0.2) is 4.98 Å². The third-order valence-electron chi connectivity index (χ3n) is 4.82.